The minimum atomic E-state index is 0.262. The third kappa shape index (κ3) is 2.82. The molecule has 0 aliphatic carbocycles. The molecule has 1 aromatic carbocycles. The van der Waals surface area contributed by atoms with Gasteiger partial charge in [-0.15, -0.1) is 0 Å². The summed E-state index contributed by atoms with van der Waals surface area (Å²) in [4.78, 5) is 8.58. The Morgan fingerprint density at radius 3 is 2.53 bits per heavy atom. The van der Waals surface area contributed by atoms with Gasteiger partial charge in [-0.3, -0.25) is 0 Å². The predicted molar refractivity (Wildman–Crippen MR) is 73.2 cm³/mol. The lowest BCUT2D eigenvalue weighted by Crippen LogP contribution is -2.05. The fourth-order valence-corrected chi connectivity index (χ4v) is 1.82. The van der Waals surface area contributed by atoms with Crippen molar-refractivity contribution in [3.63, 3.8) is 0 Å². The fourth-order valence-electron chi connectivity index (χ4n) is 1.82. The van der Waals surface area contributed by atoms with Crippen LogP contribution in [0.5, 0.6) is 11.6 Å². The first-order valence-electron chi connectivity index (χ1n) is 5.95. The summed E-state index contributed by atoms with van der Waals surface area (Å²) in [7, 11) is 3.21. The molecule has 19 heavy (non-hydrogen) atoms. The largest absolute Gasteiger partial charge is 0.496 e. The Labute approximate surface area is 112 Å². The summed E-state index contributed by atoms with van der Waals surface area (Å²) in [6, 6.07) is 7.71. The van der Waals surface area contributed by atoms with Gasteiger partial charge < -0.3 is 15.2 Å². The van der Waals surface area contributed by atoms with Crippen LogP contribution < -0.4 is 15.2 Å². The number of ether oxygens (including phenoxy) is 2. The summed E-state index contributed by atoms with van der Waals surface area (Å²) in [5, 5.41) is 0. The summed E-state index contributed by atoms with van der Waals surface area (Å²) >= 11 is 0. The van der Waals surface area contributed by atoms with Crippen molar-refractivity contribution in [1.82, 2.24) is 9.97 Å². The van der Waals surface area contributed by atoms with Gasteiger partial charge in [0.1, 0.15) is 11.6 Å². The Kier molecular flexibility index (Phi) is 3.97. The molecule has 0 saturated carbocycles. The highest BCUT2D eigenvalue weighted by Crippen LogP contribution is 2.30. The quantitative estimate of drug-likeness (QED) is 0.908. The first kappa shape index (κ1) is 13.3. The van der Waals surface area contributed by atoms with Crippen LogP contribution in [0.2, 0.25) is 0 Å². The van der Waals surface area contributed by atoms with Crippen LogP contribution in [0.15, 0.2) is 24.3 Å². The summed E-state index contributed by atoms with van der Waals surface area (Å²) in [5.41, 5.74) is 8.36. The molecule has 1 aromatic heterocycles. The number of hydrogen-bond donors (Lipinski definition) is 1. The van der Waals surface area contributed by atoms with Gasteiger partial charge in [0.2, 0.25) is 5.88 Å². The lowest BCUT2D eigenvalue weighted by molar-refractivity contribution is 0.395. The Hall–Kier alpha value is -2.14. The van der Waals surface area contributed by atoms with Crippen molar-refractivity contribution in [2.45, 2.75) is 13.5 Å². The van der Waals surface area contributed by atoms with Gasteiger partial charge in [-0.25, -0.2) is 4.98 Å². The van der Waals surface area contributed by atoms with E-state index >= 15 is 0 Å². The van der Waals surface area contributed by atoms with E-state index in [1.54, 1.807) is 20.3 Å². The fraction of sp³-hybridized carbons (Fsp3) is 0.286. The van der Waals surface area contributed by atoms with Gasteiger partial charge >= 0.3 is 0 Å². The van der Waals surface area contributed by atoms with Crippen molar-refractivity contribution in [1.29, 1.82) is 0 Å². The first-order valence-corrected chi connectivity index (χ1v) is 5.95. The van der Waals surface area contributed by atoms with Crippen molar-refractivity contribution >= 4 is 0 Å². The highest BCUT2D eigenvalue weighted by atomic mass is 16.5. The minimum Gasteiger partial charge on any atom is -0.496 e. The normalized spacial score (nSPS) is 10.3. The minimum absolute atomic E-state index is 0.262. The second kappa shape index (κ2) is 5.67. The van der Waals surface area contributed by atoms with Crippen LogP contribution in [0, 0.1) is 6.92 Å². The van der Waals surface area contributed by atoms with E-state index in [1.165, 1.54) is 0 Å². The molecule has 0 unspecified atom stereocenters. The molecule has 0 amide bonds. The lowest BCUT2D eigenvalue weighted by Gasteiger charge is -2.11. The topological polar surface area (TPSA) is 70.3 Å². The zero-order chi connectivity index (χ0) is 13.8. The van der Waals surface area contributed by atoms with Gasteiger partial charge in [-0.05, 0) is 24.6 Å². The highest BCUT2D eigenvalue weighted by Gasteiger charge is 2.11. The van der Waals surface area contributed by atoms with E-state index in [2.05, 4.69) is 9.97 Å². The van der Waals surface area contributed by atoms with Crippen molar-refractivity contribution in [3.8, 4) is 22.9 Å². The molecule has 5 heteroatoms. The Morgan fingerprint density at radius 1 is 1.11 bits per heavy atom. The van der Waals surface area contributed by atoms with Crippen molar-refractivity contribution in [2.24, 2.45) is 5.73 Å². The standard InChI is InChI=1S/C14H17N3O2/c1-9-4-5-10(12(6-9)18-2)11-7-14(19-3)17-13(8-15)16-11/h4-7H,8,15H2,1-3H3. The number of aryl methyl sites for hydroxylation is 1. The molecule has 2 rings (SSSR count). The van der Waals surface area contributed by atoms with Crippen LogP contribution in [0.25, 0.3) is 11.3 Å². The van der Waals surface area contributed by atoms with E-state index in [0.717, 1.165) is 22.6 Å². The summed E-state index contributed by atoms with van der Waals surface area (Å²) in [6.45, 7) is 2.27. The van der Waals surface area contributed by atoms with Crippen LogP contribution in [0.4, 0.5) is 0 Å². The van der Waals surface area contributed by atoms with E-state index < -0.39 is 0 Å². The zero-order valence-electron chi connectivity index (χ0n) is 11.3. The Balaban J connectivity index is 2.57. The number of nitrogens with zero attached hydrogens (tertiary/aromatic N) is 2. The number of hydrogen-bond acceptors (Lipinski definition) is 5. The lowest BCUT2D eigenvalue weighted by atomic mass is 10.1. The molecule has 0 aliphatic heterocycles. The summed E-state index contributed by atoms with van der Waals surface area (Å²) in [5.74, 6) is 1.80. The van der Waals surface area contributed by atoms with Gasteiger partial charge in [-0.1, -0.05) is 6.07 Å². The third-order valence-corrected chi connectivity index (χ3v) is 2.77. The average molecular weight is 259 g/mol. The molecular weight excluding hydrogens is 242 g/mol. The second-order valence-electron chi connectivity index (χ2n) is 4.12. The molecule has 0 atom stereocenters. The van der Waals surface area contributed by atoms with Gasteiger partial charge in [0, 0.05) is 11.6 Å². The average Bonchev–Trinajstić information content (AvgIpc) is 2.46. The summed E-state index contributed by atoms with van der Waals surface area (Å²) in [6.07, 6.45) is 0. The van der Waals surface area contributed by atoms with Crippen LogP contribution >= 0.6 is 0 Å². The number of aromatic nitrogens is 2. The van der Waals surface area contributed by atoms with E-state index in [4.69, 9.17) is 15.2 Å². The molecule has 0 aliphatic rings. The number of rotatable bonds is 4. The van der Waals surface area contributed by atoms with Crippen molar-refractivity contribution < 1.29 is 9.47 Å². The summed E-state index contributed by atoms with van der Waals surface area (Å²) < 4.78 is 10.6. The van der Waals surface area contributed by atoms with Crippen molar-refractivity contribution in [3.05, 3.63) is 35.7 Å². The van der Waals surface area contributed by atoms with Gasteiger partial charge in [-0.2, -0.15) is 4.98 Å². The van der Waals surface area contributed by atoms with Gasteiger partial charge in [0.25, 0.3) is 0 Å². The molecule has 0 spiro atoms. The zero-order valence-corrected chi connectivity index (χ0v) is 11.3. The Bertz CT molecular complexity index is 563. The van der Waals surface area contributed by atoms with E-state index in [0.29, 0.717) is 11.7 Å². The van der Waals surface area contributed by atoms with Crippen LogP contribution in [-0.2, 0) is 6.54 Å². The highest BCUT2D eigenvalue weighted by molar-refractivity contribution is 5.68. The SMILES string of the molecule is COc1cc(-c2ccc(C)cc2OC)nc(CN)n1. The molecule has 0 saturated heterocycles. The maximum atomic E-state index is 5.60. The Morgan fingerprint density at radius 2 is 1.89 bits per heavy atom. The van der Waals surface area contributed by atoms with Gasteiger partial charge in [0.05, 0.1) is 26.5 Å². The van der Waals surface area contributed by atoms with Crippen LogP contribution in [0.1, 0.15) is 11.4 Å². The monoisotopic (exact) mass is 259 g/mol. The molecule has 1 heterocycles. The second-order valence-corrected chi connectivity index (χ2v) is 4.12. The molecule has 5 nitrogen and oxygen atoms in total. The molecule has 0 fully saturated rings. The molecule has 2 N–H and O–H groups in total. The number of nitrogens with two attached hydrogens (primary N) is 1. The van der Waals surface area contributed by atoms with E-state index in [9.17, 15) is 0 Å². The molecule has 0 bridgehead atoms. The molecular formula is C14H17N3O2. The van der Waals surface area contributed by atoms with Crippen LogP contribution in [0.3, 0.4) is 0 Å². The van der Waals surface area contributed by atoms with E-state index in [1.807, 2.05) is 25.1 Å². The molecule has 100 valence electrons. The number of benzene rings is 1. The maximum absolute atomic E-state index is 5.60. The van der Waals surface area contributed by atoms with Crippen molar-refractivity contribution in [2.75, 3.05) is 14.2 Å². The maximum Gasteiger partial charge on any atom is 0.216 e. The smallest absolute Gasteiger partial charge is 0.216 e. The predicted octanol–water partition coefficient (Wildman–Crippen LogP) is 1.93. The first-order chi connectivity index (χ1) is 9.17. The molecule has 0 radical (unpaired) electrons. The van der Waals surface area contributed by atoms with E-state index in [-0.39, 0.29) is 6.54 Å². The van der Waals surface area contributed by atoms with Gasteiger partial charge in [0.15, 0.2) is 0 Å². The van der Waals surface area contributed by atoms with Crippen LogP contribution in [-0.4, -0.2) is 24.2 Å². The molecule has 2 aromatic rings. The third-order valence-electron chi connectivity index (χ3n) is 2.77. The number of methoxy groups -OCH3 is 2.